The van der Waals surface area contributed by atoms with Crippen molar-refractivity contribution in [3.05, 3.63) is 35.9 Å². The molecule has 2 heterocycles. The highest BCUT2D eigenvalue weighted by Gasteiger charge is 2.42. The third-order valence-electron chi connectivity index (χ3n) is 4.06. The van der Waals surface area contributed by atoms with Gasteiger partial charge in [0.1, 0.15) is 6.04 Å². The zero-order valence-electron chi connectivity index (χ0n) is 12.2. The summed E-state index contributed by atoms with van der Waals surface area (Å²) in [6, 6.07) is 7.92. The summed E-state index contributed by atoms with van der Waals surface area (Å²) >= 11 is 0. The summed E-state index contributed by atoms with van der Waals surface area (Å²) in [4.78, 5) is 40.1. The number of hydrogen-bond acceptors (Lipinski definition) is 4. The van der Waals surface area contributed by atoms with Gasteiger partial charge in [-0.05, 0) is 18.6 Å². The number of imide groups is 1. The Bertz CT molecular complexity index is 581. The molecule has 2 aliphatic rings. The van der Waals surface area contributed by atoms with E-state index in [0.717, 1.165) is 4.90 Å². The van der Waals surface area contributed by atoms with Crippen molar-refractivity contribution in [3.63, 3.8) is 0 Å². The van der Waals surface area contributed by atoms with Crippen LogP contribution in [0.3, 0.4) is 0 Å². The standard InChI is InChI=1S/C16H18N2O4/c19-14-7-6-13(16(21)17-8-10-22-11-9-17)18(14)15(20)12-4-2-1-3-5-12/h1-5,13H,6-11H2. The highest BCUT2D eigenvalue weighted by atomic mass is 16.5. The van der Waals surface area contributed by atoms with Gasteiger partial charge in [0.15, 0.2) is 0 Å². The second-order valence-corrected chi connectivity index (χ2v) is 5.43. The van der Waals surface area contributed by atoms with Crippen molar-refractivity contribution in [3.8, 4) is 0 Å². The molecule has 1 aromatic carbocycles. The number of hydrogen-bond donors (Lipinski definition) is 0. The van der Waals surface area contributed by atoms with Crippen molar-refractivity contribution in [1.29, 1.82) is 0 Å². The fourth-order valence-electron chi connectivity index (χ4n) is 2.89. The fraction of sp³-hybridized carbons (Fsp3) is 0.438. The van der Waals surface area contributed by atoms with Crippen LogP contribution in [0.25, 0.3) is 0 Å². The van der Waals surface area contributed by atoms with Crippen LogP contribution in [0, 0.1) is 0 Å². The summed E-state index contributed by atoms with van der Waals surface area (Å²) in [5.41, 5.74) is 0.428. The molecule has 0 saturated carbocycles. The minimum Gasteiger partial charge on any atom is -0.378 e. The molecule has 2 aliphatic heterocycles. The van der Waals surface area contributed by atoms with Gasteiger partial charge >= 0.3 is 0 Å². The molecular formula is C16H18N2O4. The number of ether oxygens (including phenoxy) is 1. The molecule has 0 N–H and O–H groups in total. The second kappa shape index (κ2) is 6.27. The SMILES string of the molecule is O=C(C1CCC(=O)N1C(=O)c1ccccc1)N1CCOCC1. The van der Waals surface area contributed by atoms with Crippen molar-refractivity contribution in [2.24, 2.45) is 0 Å². The van der Waals surface area contributed by atoms with Crippen LogP contribution in [0.2, 0.25) is 0 Å². The van der Waals surface area contributed by atoms with Gasteiger partial charge < -0.3 is 9.64 Å². The Morgan fingerprint density at radius 2 is 1.77 bits per heavy atom. The summed E-state index contributed by atoms with van der Waals surface area (Å²) < 4.78 is 5.24. The Hall–Kier alpha value is -2.21. The van der Waals surface area contributed by atoms with Gasteiger partial charge in [-0.15, -0.1) is 0 Å². The Morgan fingerprint density at radius 3 is 2.45 bits per heavy atom. The van der Waals surface area contributed by atoms with Gasteiger partial charge in [0, 0.05) is 25.1 Å². The van der Waals surface area contributed by atoms with E-state index in [0.29, 0.717) is 38.3 Å². The Kier molecular flexibility index (Phi) is 4.20. The van der Waals surface area contributed by atoms with Crippen LogP contribution in [0.15, 0.2) is 30.3 Å². The third-order valence-corrected chi connectivity index (χ3v) is 4.06. The lowest BCUT2D eigenvalue weighted by molar-refractivity contribution is -0.142. The number of nitrogens with zero attached hydrogens (tertiary/aromatic N) is 2. The van der Waals surface area contributed by atoms with Crippen molar-refractivity contribution in [2.75, 3.05) is 26.3 Å². The lowest BCUT2D eigenvalue weighted by Gasteiger charge is -2.31. The van der Waals surface area contributed by atoms with Crippen molar-refractivity contribution < 1.29 is 19.1 Å². The first kappa shape index (κ1) is 14.7. The molecular weight excluding hydrogens is 284 g/mol. The van der Waals surface area contributed by atoms with E-state index in [4.69, 9.17) is 4.74 Å². The maximum atomic E-state index is 12.6. The largest absolute Gasteiger partial charge is 0.378 e. The molecule has 6 heteroatoms. The van der Waals surface area contributed by atoms with Crippen LogP contribution in [0.1, 0.15) is 23.2 Å². The van der Waals surface area contributed by atoms with E-state index in [1.807, 2.05) is 0 Å². The van der Waals surface area contributed by atoms with E-state index < -0.39 is 11.9 Å². The van der Waals surface area contributed by atoms with Crippen molar-refractivity contribution in [2.45, 2.75) is 18.9 Å². The average Bonchev–Trinajstić information content (AvgIpc) is 2.96. The first-order chi connectivity index (χ1) is 10.7. The first-order valence-electron chi connectivity index (χ1n) is 7.46. The fourth-order valence-corrected chi connectivity index (χ4v) is 2.89. The van der Waals surface area contributed by atoms with E-state index in [9.17, 15) is 14.4 Å². The molecule has 1 aromatic rings. The molecule has 0 aromatic heterocycles. The summed E-state index contributed by atoms with van der Waals surface area (Å²) in [5.74, 6) is -0.825. The maximum Gasteiger partial charge on any atom is 0.261 e. The molecule has 22 heavy (non-hydrogen) atoms. The van der Waals surface area contributed by atoms with Gasteiger partial charge in [-0.2, -0.15) is 0 Å². The van der Waals surface area contributed by atoms with Crippen molar-refractivity contribution >= 4 is 17.7 Å². The molecule has 0 aliphatic carbocycles. The molecule has 0 bridgehead atoms. The van der Waals surface area contributed by atoms with Gasteiger partial charge in [0.2, 0.25) is 11.8 Å². The molecule has 1 atom stereocenters. The second-order valence-electron chi connectivity index (χ2n) is 5.43. The number of carbonyl (C=O) groups excluding carboxylic acids is 3. The lowest BCUT2D eigenvalue weighted by Crippen LogP contribution is -2.51. The van der Waals surface area contributed by atoms with E-state index >= 15 is 0 Å². The summed E-state index contributed by atoms with van der Waals surface area (Å²) in [5, 5.41) is 0. The number of amides is 3. The van der Waals surface area contributed by atoms with E-state index in [1.54, 1.807) is 35.2 Å². The van der Waals surface area contributed by atoms with Crippen LogP contribution in [-0.4, -0.2) is 59.9 Å². The third kappa shape index (κ3) is 2.74. The van der Waals surface area contributed by atoms with Crippen LogP contribution >= 0.6 is 0 Å². The Morgan fingerprint density at radius 1 is 1.09 bits per heavy atom. The lowest BCUT2D eigenvalue weighted by atomic mass is 10.1. The zero-order valence-corrected chi connectivity index (χ0v) is 12.2. The van der Waals surface area contributed by atoms with E-state index in [1.165, 1.54) is 0 Å². The molecule has 2 fully saturated rings. The molecule has 3 amide bonds. The Balaban J connectivity index is 1.80. The van der Waals surface area contributed by atoms with Crippen LogP contribution in [0.4, 0.5) is 0 Å². The molecule has 0 spiro atoms. The van der Waals surface area contributed by atoms with Gasteiger partial charge in [-0.3, -0.25) is 19.3 Å². The number of likely N-dealkylation sites (tertiary alicyclic amines) is 1. The predicted octanol–water partition coefficient (Wildman–Crippen LogP) is 0.677. The maximum absolute atomic E-state index is 12.6. The predicted molar refractivity (Wildman–Crippen MR) is 78.0 cm³/mol. The molecule has 1 unspecified atom stereocenters. The number of benzene rings is 1. The molecule has 116 valence electrons. The Labute approximate surface area is 128 Å². The quantitative estimate of drug-likeness (QED) is 0.753. The monoisotopic (exact) mass is 302 g/mol. The number of rotatable bonds is 2. The molecule has 0 radical (unpaired) electrons. The minimum absolute atomic E-state index is 0.154. The molecule has 3 rings (SSSR count). The van der Waals surface area contributed by atoms with Gasteiger partial charge in [0.25, 0.3) is 5.91 Å². The smallest absolute Gasteiger partial charge is 0.261 e. The van der Waals surface area contributed by atoms with Crippen LogP contribution < -0.4 is 0 Å². The highest BCUT2D eigenvalue weighted by Crippen LogP contribution is 2.23. The summed E-state index contributed by atoms with van der Waals surface area (Å²) in [7, 11) is 0. The molecule has 2 saturated heterocycles. The minimum atomic E-state index is -0.682. The number of morpholine rings is 1. The van der Waals surface area contributed by atoms with Gasteiger partial charge in [-0.25, -0.2) is 0 Å². The summed E-state index contributed by atoms with van der Waals surface area (Å²) in [6.45, 7) is 2.02. The average molecular weight is 302 g/mol. The van der Waals surface area contributed by atoms with Gasteiger partial charge in [-0.1, -0.05) is 18.2 Å². The first-order valence-corrected chi connectivity index (χ1v) is 7.46. The molecule has 6 nitrogen and oxygen atoms in total. The van der Waals surface area contributed by atoms with Gasteiger partial charge in [0.05, 0.1) is 13.2 Å². The van der Waals surface area contributed by atoms with E-state index in [-0.39, 0.29) is 18.2 Å². The topological polar surface area (TPSA) is 66.9 Å². The van der Waals surface area contributed by atoms with Crippen molar-refractivity contribution in [1.82, 2.24) is 9.80 Å². The number of carbonyl (C=O) groups is 3. The highest BCUT2D eigenvalue weighted by molar-refractivity contribution is 6.09. The zero-order chi connectivity index (χ0) is 15.5. The van der Waals surface area contributed by atoms with Crippen LogP contribution in [-0.2, 0) is 14.3 Å². The van der Waals surface area contributed by atoms with E-state index in [2.05, 4.69) is 0 Å². The summed E-state index contributed by atoms with van der Waals surface area (Å²) in [6.07, 6.45) is 0.632. The van der Waals surface area contributed by atoms with Crippen LogP contribution in [0.5, 0.6) is 0 Å². The normalized spacial score (nSPS) is 22.0.